The summed E-state index contributed by atoms with van der Waals surface area (Å²) in [7, 11) is 0. The summed E-state index contributed by atoms with van der Waals surface area (Å²) in [6.07, 6.45) is 2.79. The van der Waals surface area contributed by atoms with Gasteiger partial charge in [-0.25, -0.2) is 4.98 Å². The van der Waals surface area contributed by atoms with Gasteiger partial charge in [0.25, 0.3) is 5.56 Å². The van der Waals surface area contributed by atoms with Crippen molar-refractivity contribution in [2.24, 2.45) is 0 Å². The molecule has 0 bridgehead atoms. The maximum absolute atomic E-state index is 11.6. The normalized spacial score (nSPS) is 11.1. The first kappa shape index (κ1) is 8.96. The lowest BCUT2D eigenvalue weighted by Crippen LogP contribution is -2.05. The number of aromatic amines is 1. The van der Waals surface area contributed by atoms with Gasteiger partial charge >= 0.3 is 0 Å². The Morgan fingerprint density at radius 2 is 2.25 bits per heavy atom. The van der Waals surface area contributed by atoms with E-state index in [0.717, 1.165) is 5.76 Å². The number of aromatic nitrogens is 2. The molecule has 3 rings (SSSR count). The molecule has 0 aliphatic rings. The summed E-state index contributed by atoms with van der Waals surface area (Å²) in [4.78, 5) is 18.1. The molecule has 0 aliphatic heterocycles. The molecule has 0 atom stereocenters. The van der Waals surface area contributed by atoms with Crippen LogP contribution < -0.4 is 5.56 Å². The zero-order valence-corrected chi connectivity index (χ0v) is 8.48. The molecule has 5 heteroatoms. The molecule has 80 valence electrons. The van der Waals surface area contributed by atoms with Crippen LogP contribution in [0.5, 0.6) is 0 Å². The minimum Gasteiger partial charge on any atom is -0.461 e. The zero-order chi connectivity index (χ0) is 11.1. The molecule has 0 unspecified atom stereocenters. The van der Waals surface area contributed by atoms with E-state index in [1.807, 2.05) is 13.0 Å². The first-order valence-corrected chi connectivity index (χ1v) is 4.77. The molecule has 3 aromatic rings. The van der Waals surface area contributed by atoms with Crippen LogP contribution in [0, 0.1) is 6.92 Å². The lowest BCUT2D eigenvalue weighted by atomic mass is 10.2. The topological polar surface area (TPSA) is 72.0 Å². The highest BCUT2D eigenvalue weighted by Crippen LogP contribution is 2.28. The third-order valence-corrected chi connectivity index (χ3v) is 2.38. The first-order chi connectivity index (χ1) is 7.75. The van der Waals surface area contributed by atoms with Crippen LogP contribution >= 0.6 is 0 Å². The summed E-state index contributed by atoms with van der Waals surface area (Å²) in [6.45, 7) is 1.84. The highest BCUT2D eigenvalue weighted by atomic mass is 16.4. The summed E-state index contributed by atoms with van der Waals surface area (Å²) in [5.74, 6) is 1.39. The quantitative estimate of drug-likeness (QED) is 0.675. The Balaban J connectivity index is 2.37. The van der Waals surface area contributed by atoms with Crippen LogP contribution in [0.2, 0.25) is 0 Å². The van der Waals surface area contributed by atoms with Gasteiger partial charge in [-0.3, -0.25) is 4.79 Å². The molecule has 0 fully saturated rings. The summed E-state index contributed by atoms with van der Waals surface area (Å²) in [5.41, 5.74) is 0.702. The van der Waals surface area contributed by atoms with Crippen molar-refractivity contribution in [3.63, 3.8) is 0 Å². The molecule has 3 aromatic heterocycles. The van der Waals surface area contributed by atoms with E-state index in [9.17, 15) is 4.79 Å². The number of nitrogens with zero attached hydrogens (tertiary/aromatic N) is 1. The Morgan fingerprint density at radius 1 is 1.38 bits per heavy atom. The summed E-state index contributed by atoms with van der Waals surface area (Å²) < 4.78 is 10.7. The van der Waals surface area contributed by atoms with E-state index < -0.39 is 0 Å². The number of hydrogen-bond acceptors (Lipinski definition) is 4. The number of H-pyrrole nitrogens is 1. The summed E-state index contributed by atoms with van der Waals surface area (Å²) in [5, 5.41) is 0.414. The Morgan fingerprint density at radius 3 is 3.00 bits per heavy atom. The predicted molar refractivity (Wildman–Crippen MR) is 57.1 cm³/mol. The van der Waals surface area contributed by atoms with E-state index in [4.69, 9.17) is 8.83 Å². The van der Waals surface area contributed by atoms with Crippen LogP contribution in [-0.4, -0.2) is 9.97 Å². The first-order valence-electron chi connectivity index (χ1n) is 4.77. The van der Waals surface area contributed by atoms with Gasteiger partial charge in [0.15, 0.2) is 0 Å². The Labute approximate surface area is 89.7 Å². The highest BCUT2D eigenvalue weighted by Gasteiger charge is 2.14. The number of aryl methyl sites for hydroxylation is 1. The predicted octanol–water partition coefficient (Wildman–Crippen LogP) is 2.08. The summed E-state index contributed by atoms with van der Waals surface area (Å²) in [6, 6.07) is 3.63. The summed E-state index contributed by atoms with van der Waals surface area (Å²) >= 11 is 0. The molecule has 16 heavy (non-hydrogen) atoms. The van der Waals surface area contributed by atoms with Gasteiger partial charge in [-0.2, -0.15) is 0 Å². The van der Waals surface area contributed by atoms with Gasteiger partial charge in [-0.1, -0.05) is 0 Å². The van der Waals surface area contributed by atoms with Crippen molar-refractivity contribution in [3.05, 3.63) is 40.8 Å². The van der Waals surface area contributed by atoms with E-state index in [0.29, 0.717) is 22.4 Å². The van der Waals surface area contributed by atoms with E-state index >= 15 is 0 Å². The third kappa shape index (κ3) is 1.18. The van der Waals surface area contributed by atoms with Crippen LogP contribution in [0.3, 0.4) is 0 Å². The molecule has 0 radical (unpaired) electrons. The molecule has 1 N–H and O–H groups in total. The van der Waals surface area contributed by atoms with Gasteiger partial charge in [0.05, 0.1) is 11.9 Å². The smallest absolute Gasteiger partial charge is 0.262 e. The van der Waals surface area contributed by atoms with Gasteiger partial charge in [0.2, 0.25) is 5.71 Å². The average molecular weight is 216 g/mol. The Hall–Kier alpha value is -2.30. The van der Waals surface area contributed by atoms with E-state index in [1.54, 1.807) is 6.07 Å². The standard InChI is InChI=1S/C11H8N2O3/c1-6-2-3-8(16-6)7-4-15-11-9(7)10(14)12-5-13-11/h2-5H,1H3,(H,12,13,14). The van der Waals surface area contributed by atoms with Crippen LogP contribution in [0.15, 0.2) is 38.4 Å². The van der Waals surface area contributed by atoms with Crippen LogP contribution in [0.25, 0.3) is 22.4 Å². The van der Waals surface area contributed by atoms with Gasteiger partial charge in [0.1, 0.15) is 23.2 Å². The average Bonchev–Trinajstić information content (AvgIpc) is 2.84. The maximum Gasteiger partial charge on any atom is 0.262 e. The van der Waals surface area contributed by atoms with Crippen molar-refractivity contribution in [3.8, 4) is 11.3 Å². The fraction of sp³-hybridized carbons (Fsp3) is 0.0909. The van der Waals surface area contributed by atoms with Crippen LogP contribution in [-0.2, 0) is 0 Å². The van der Waals surface area contributed by atoms with Gasteiger partial charge < -0.3 is 13.8 Å². The SMILES string of the molecule is Cc1ccc(-c2coc3nc[nH]c(=O)c23)o1. The molecule has 0 aromatic carbocycles. The zero-order valence-electron chi connectivity index (χ0n) is 8.48. The Bertz CT molecular complexity index is 705. The second-order valence-electron chi connectivity index (χ2n) is 3.47. The maximum atomic E-state index is 11.6. The van der Waals surface area contributed by atoms with Crippen LogP contribution in [0.1, 0.15) is 5.76 Å². The van der Waals surface area contributed by atoms with Gasteiger partial charge in [-0.15, -0.1) is 0 Å². The van der Waals surface area contributed by atoms with E-state index in [1.165, 1.54) is 12.6 Å². The second kappa shape index (κ2) is 3.10. The molecule has 3 heterocycles. The van der Waals surface area contributed by atoms with E-state index in [-0.39, 0.29) is 5.56 Å². The van der Waals surface area contributed by atoms with Gasteiger partial charge in [0, 0.05) is 0 Å². The molecule has 0 saturated heterocycles. The molecule has 0 saturated carbocycles. The van der Waals surface area contributed by atoms with Crippen molar-refractivity contribution in [2.45, 2.75) is 6.92 Å². The van der Waals surface area contributed by atoms with Crippen molar-refractivity contribution >= 4 is 11.1 Å². The monoisotopic (exact) mass is 216 g/mol. The molecule has 0 aliphatic carbocycles. The number of nitrogens with one attached hydrogen (secondary N) is 1. The van der Waals surface area contributed by atoms with E-state index in [2.05, 4.69) is 9.97 Å². The Kier molecular flexibility index (Phi) is 1.73. The molecule has 5 nitrogen and oxygen atoms in total. The van der Waals surface area contributed by atoms with Crippen molar-refractivity contribution < 1.29 is 8.83 Å². The van der Waals surface area contributed by atoms with Crippen molar-refractivity contribution in [2.75, 3.05) is 0 Å². The number of hydrogen-bond donors (Lipinski definition) is 1. The number of fused-ring (bicyclic) bond motifs is 1. The highest BCUT2D eigenvalue weighted by molar-refractivity contribution is 5.89. The molecular formula is C11H8N2O3. The molecule has 0 spiro atoms. The minimum atomic E-state index is -0.234. The molecule has 0 amide bonds. The van der Waals surface area contributed by atoms with Crippen molar-refractivity contribution in [1.29, 1.82) is 0 Å². The van der Waals surface area contributed by atoms with Gasteiger partial charge in [-0.05, 0) is 19.1 Å². The number of rotatable bonds is 1. The molecular weight excluding hydrogens is 208 g/mol. The van der Waals surface area contributed by atoms with Crippen LogP contribution in [0.4, 0.5) is 0 Å². The fourth-order valence-corrected chi connectivity index (χ4v) is 1.64. The number of furan rings is 2. The third-order valence-electron chi connectivity index (χ3n) is 2.38. The lowest BCUT2D eigenvalue weighted by molar-refractivity contribution is 0.545. The largest absolute Gasteiger partial charge is 0.461 e. The fourth-order valence-electron chi connectivity index (χ4n) is 1.64. The lowest BCUT2D eigenvalue weighted by Gasteiger charge is -1.91. The second-order valence-corrected chi connectivity index (χ2v) is 3.47. The minimum absolute atomic E-state index is 0.234. The van der Waals surface area contributed by atoms with Crippen molar-refractivity contribution in [1.82, 2.24) is 9.97 Å².